The molecule has 0 bridgehead atoms. The Kier molecular flexibility index (Phi) is 3.57. The van der Waals surface area contributed by atoms with Crippen molar-refractivity contribution in [3.8, 4) is 5.75 Å². The number of para-hydroxylation sites is 1. The standard InChI is InChI=1S/C15H14N4O4/c1-16-14(20)15(12-7-2-3-8-17-12)9-23-11-6-4-5-10(19(21)22)13(11)18-15/h2-8,18H,9H2,1H3,(H,16,20). The van der Waals surface area contributed by atoms with Gasteiger partial charge in [-0.05, 0) is 18.2 Å². The third-order valence-corrected chi connectivity index (χ3v) is 3.70. The molecule has 0 aliphatic carbocycles. The Hall–Kier alpha value is -3.16. The van der Waals surface area contributed by atoms with E-state index in [1.54, 1.807) is 30.5 Å². The lowest BCUT2D eigenvalue weighted by Crippen LogP contribution is -2.55. The second-order valence-electron chi connectivity index (χ2n) is 5.02. The van der Waals surface area contributed by atoms with Gasteiger partial charge in [0.15, 0.2) is 11.2 Å². The summed E-state index contributed by atoms with van der Waals surface area (Å²) in [6.07, 6.45) is 1.55. The number of anilines is 1. The molecule has 8 heteroatoms. The molecule has 23 heavy (non-hydrogen) atoms. The van der Waals surface area contributed by atoms with Gasteiger partial charge in [-0.3, -0.25) is 19.9 Å². The minimum absolute atomic E-state index is 0.0299. The number of benzene rings is 1. The highest BCUT2D eigenvalue weighted by molar-refractivity contribution is 5.92. The van der Waals surface area contributed by atoms with Gasteiger partial charge in [-0.15, -0.1) is 0 Å². The van der Waals surface area contributed by atoms with Crippen LogP contribution in [0.2, 0.25) is 0 Å². The van der Waals surface area contributed by atoms with Crippen molar-refractivity contribution in [2.24, 2.45) is 0 Å². The van der Waals surface area contributed by atoms with Crippen molar-refractivity contribution in [3.63, 3.8) is 0 Å². The fourth-order valence-corrected chi connectivity index (χ4v) is 2.56. The van der Waals surface area contributed by atoms with Crippen LogP contribution in [0, 0.1) is 10.1 Å². The van der Waals surface area contributed by atoms with Crippen molar-refractivity contribution in [2.45, 2.75) is 5.54 Å². The Labute approximate surface area is 131 Å². The van der Waals surface area contributed by atoms with Gasteiger partial charge in [-0.2, -0.15) is 0 Å². The van der Waals surface area contributed by atoms with Crippen LogP contribution in [0.3, 0.4) is 0 Å². The van der Waals surface area contributed by atoms with Gasteiger partial charge >= 0.3 is 0 Å². The molecule has 2 N–H and O–H groups in total. The monoisotopic (exact) mass is 314 g/mol. The molecule has 1 aliphatic rings. The van der Waals surface area contributed by atoms with E-state index in [0.717, 1.165) is 0 Å². The molecule has 0 fully saturated rings. The van der Waals surface area contributed by atoms with E-state index in [9.17, 15) is 14.9 Å². The van der Waals surface area contributed by atoms with Gasteiger partial charge in [-0.1, -0.05) is 12.1 Å². The normalized spacial score (nSPS) is 19.0. The summed E-state index contributed by atoms with van der Waals surface area (Å²) in [5.41, 5.74) is -0.915. The van der Waals surface area contributed by atoms with Crippen molar-refractivity contribution < 1.29 is 14.5 Å². The van der Waals surface area contributed by atoms with Crippen LogP contribution >= 0.6 is 0 Å². The molecule has 1 unspecified atom stereocenters. The summed E-state index contributed by atoms with van der Waals surface area (Å²) in [5.74, 6) is -0.0605. The first-order valence-electron chi connectivity index (χ1n) is 6.90. The average Bonchev–Trinajstić information content (AvgIpc) is 2.60. The summed E-state index contributed by atoms with van der Waals surface area (Å²) in [4.78, 5) is 27.5. The van der Waals surface area contributed by atoms with Crippen molar-refractivity contribution >= 4 is 17.3 Å². The molecule has 0 spiro atoms. The summed E-state index contributed by atoms with van der Waals surface area (Å²) < 4.78 is 5.64. The van der Waals surface area contributed by atoms with E-state index >= 15 is 0 Å². The van der Waals surface area contributed by atoms with Crippen molar-refractivity contribution in [2.75, 3.05) is 19.0 Å². The molecule has 2 aromatic rings. The van der Waals surface area contributed by atoms with Crippen LogP contribution in [0.15, 0.2) is 42.6 Å². The molecular formula is C15H14N4O4. The number of aromatic nitrogens is 1. The van der Waals surface area contributed by atoms with Gasteiger partial charge in [0.05, 0.1) is 10.6 Å². The molecule has 1 aromatic heterocycles. The van der Waals surface area contributed by atoms with Gasteiger partial charge in [0, 0.05) is 19.3 Å². The molecule has 1 atom stereocenters. The molecular weight excluding hydrogens is 300 g/mol. The van der Waals surface area contributed by atoms with Crippen LogP contribution < -0.4 is 15.4 Å². The van der Waals surface area contributed by atoms with E-state index in [4.69, 9.17) is 4.74 Å². The molecule has 0 saturated heterocycles. The Bertz CT molecular complexity index is 765. The number of amides is 1. The van der Waals surface area contributed by atoms with Crippen LogP contribution in [0.4, 0.5) is 11.4 Å². The van der Waals surface area contributed by atoms with Crippen molar-refractivity contribution in [1.82, 2.24) is 10.3 Å². The van der Waals surface area contributed by atoms with Crippen molar-refractivity contribution in [3.05, 3.63) is 58.4 Å². The molecule has 8 nitrogen and oxygen atoms in total. The van der Waals surface area contributed by atoms with Crippen LogP contribution in [0.5, 0.6) is 5.75 Å². The lowest BCUT2D eigenvalue weighted by molar-refractivity contribution is -0.384. The first kappa shape index (κ1) is 14.8. The first-order chi connectivity index (χ1) is 11.1. The van der Waals surface area contributed by atoms with E-state index in [1.807, 2.05) is 0 Å². The van der Waals surface area contributed by atoms with E-state index in [2.05, 4.69) is 15.6 Å². The lowest BCUT2D eigenvalue weighted by Gasteiger charge is -2.37. The predicted octanol–water partition coefficient (Wildman–Crippen LogP) is 1.44. The number of rotatable bonds is 3. The van der Waals surface area contributed by atoms with E-state index < -0.39 is 10.5 Å². The molecule has 1 aromatic carbocycles. The predicted molar refractivity (Wildman–Crippen MR) is 82.2 cm³/mol. The number of nitrogens with one attached hydrogen (secondary N) is 2. The van der Waals surface area contributed by atoms with E-state index in [0.29, 0.717) is 11.4 Å². The Morgan fingerprint density at radius 1 is 1.39 bits per heavy atom. The Morgan fingerprint density at radius 3 is 2.87 bits per heavy atom. The first-order valence-corrected chi connectivity index (χ1v) is 6.90. The van der Waals surface area contributed by atoms with E-state index in [-0.39, 0.29) is 23.9 Å². The zero-order valence-corrected chi connectivity index (χ0v) is 12.3. The third-order valence-electron chi connectivity index (χ3n) is 3.70. The van der Waals surface area contributed by atoms with Gasteiger partial charge in [-0.25, -0.2) is 0 Å². The van der Waals surface area contributed by atoms with Gasteiger partial charge < -0.3 is 15.4 Å². The number of hydrogen-bond acceptors (Lipinski definition) is 6. The largest absolute Gasteiger partial charge is 0.488 e. The zero-order chi connectivity index (χ0) is 16.4. The number of fused-ring (bicyclic) bond motifs is 1. The molecule has 2 heterocycles. The fraction of sp³-hybridized carbons (Fsp3) is 0.200. The minimum Gasteiger partial charge on any atom is -0.488 e. The molecule has 0 radical (unpaired) electrons. The number of nitrogens with zero attached hydrogens (tertiary/aromatic N) is 2. The summed E-state index contributed by atoms with van der Waals surface area (Å²) in [7, 11) is 1.49. The maximum atomic E-state index is 12.5. The number of hydrogen-bond donors (Lipinski definition) is 2. The number of nitro groups is 1. The number of pyridine rings is 1. The van der Waals surface area contributed by atoms with Crippen LogP contribution in [-0.2, 0) is 10.3 Å². The minimum atomic E-state index is -1.34. The van der Waals surface area contributed by atoms with Gasteiger partial charge in [0.2, 0.25) is 0 Å². The SMILES string of the molecule is CNC(=O)C1(c2ccccn2)COc2cccc([N+](=O)[O-])c2N1. The van der Waals surface area contributed by atoms with Gasteiger partial charge in [0.25, 0.3) is 11.6 Å². The highest BCUT2D eigenvalue weighted by Gasteiger charge is 2.47. The fourth-order valence-electron chi connectivity index (χ4n) is 2.56. The highest BCUT2D eigenvalue weighted by Crippen LogP contribution is 2.42. The van der Waals surface area contributed by atoms with Gasteiger partial charge in [0.1, 0.15) is 12.4 Å². The number of likely N-dealkylation sites (N-methyl/N-ethyl adjacent to an activating group) is 1. The molecule has 3 rings (SSSR count). The molecule has 118 valence electrons. The second kappa shape index (κ2) is 5.56. The highest BCUT2D eigenvalue weighted by atomic mass is 16.6. The zero-order valence-electron chi connectivity index (χ0n) is 12.3. The Balaban J connectivity index is 2.15. The van der Waals surface area contributed by atoms with Crippen LogP contribution in [-0.4, -0.2) is 29.5 Å². The third kappa shape index (κ3) is 2.33. The lowest BCUT2D eigenvalue weighted by atomic mass is 9.92. The summed E-state index contributed by atoms with van der Waals surface area (Å²) in [5, 5.41) is 16.8. The summed E-state index contributed by atoms with van der Waals surface area (Å²) >= 11 is 0. The molecule has 1 amide bonds. The second-order valence-corrected chi connectivity index (χ2v) is 5.02. The maximum absolute atomic E-state index is 12.5. The summed E-state index contributed by atoms with van der Waals surface area (Å²) in [6.45, 7) is -0.0299. The van der Waals surface area contributed by atoms with Crippen molar-refractivity contribution in [1.29, 1.82) is 0 Å². The number of carbonyl (C=O) groups excluding carboxylic acids is 1. The topological polar surface area (TPSA) is 106 Å². The quantitative estimate of drug-likeness (QED) is 0.656. The smallest absolute Gasteiger partial charge is 0.296 e. The molecule has 1 aliphatic heterocycles. The summed E-state index contributed by atoms with van der Waals surface area (Å²) in [6, 6.07) is 9.64. The number of carbonyl (C=O) groups is 1. The molecule has 0 saturated carbocycles. The van der Waals surface area contributed by atoms with Crippen LogP contribution in [0.25, 0.3) is 0 Å². The van der Waals surface area contributed by atoms with Crippen LogP contribution in [0.1, 0.15) is 5.69 Å². The maximum Gasteiger partial charge on any atom is 0.296 e. The average molecular weight is 314 g/mol. The number of ether oxygens (including phenoxy) is 1. The van der Waals surface area contributed by atoms with E-state index in [1.165, 1.54) is 19.2 Å². The number of nitro benzene ring substituents is 1. The Morgan fingerprint density at radius 2 is 2.22 bits per heavy atom.